The third-order valence-electron chi connectivity index (χ3n) is 4.36. The summed E-state index contributed by atoms with van der Waals surface area (Å²) in [5, 5.41) is 6.07. The topological polar surface area (TPSA) is 25.8 Å². The molecule has 0 bridgehead atoms. The van der Waals surface area contributed by atoms with Crippen LogP contribution in [-0.2, 0) is 5.41 Å². The van der Waals surface area contributed by atoms with E-state index in [9.17, 15) is 0 Å². The monoisotopic (exact) mass is 286 g/mol. The lowest BCUT2D eigenvalue weighted by Gasteiger charge is -2.20. The third-order valence-corrected chi connectivity index (χ3v) is 4.36. The van der Waals surface area contributed by atoms with Crippen LogP contribution in [0.3, 0.4) is 0 Å². The molecule has 0 fully saturated rings. The van der Waals surface area contributed by atoms with Gasteiger partial charge in [-0.25, -0.2) is 9.97 Å². The summed E-state index contributed by atoms with van der Waals surface area (Å²) < 4.78 is 0. The third kappa shape index (κ3) is 1.87. The summed E-state index contributed by atoms with van der Waals surface area (Å²) in [5.41, 5.74) is 2.49. The Hall–Kier alpha value is -2.48. The standard InChI is InChI=1S/C20H18N2/c1-20(2,3)13-8-9-16-14-6-4-5-7-15(14)18-11-21-12-22-19(18)17(16)10-13/h4-12H,1-3H3. The van der Waals surface area contributed by atoms with Gasteiger partial charge in [0.1, 0.15) is 6.33 Å². The van der Waals surface area contributed by atoms with E-state index in [2.05, 4.69) is 73.2 Å². The maximum atomic E-state index is 4.57. The summed E-state index contributed by atoms with van der Waals surface area (Å²) in [6.45, 7) is 6.73. The molecule has 1 aromatic heterocycles. The molecule has 3 aromatic carbocycles. The average molecular weight is 286 g/mol. The Labute approximate surface area is 129 Å². The van der Waals surface area contributed by atoms with E-state index in [1.54, 1.807) is 6.33 Å². The van der Waals surface area contributed by atoms with Gasteiger partial charge in [0.05, 0.1) is 5.52 Å². The van der Waals surface area contributed by atoms with Gasteiger partial charge in [0.2, 0.25) is 0 Å². The van der Waals surface area contributed by atoms with Crippen molar-refractivity contribution in [3.8, 4) is 0 Å². The molecule has 0 radical (unpaired) electrons. The maximum Gasteiger partial charge on any atom is 0.116 e. The van der Waals surface area contributed by atoms with Gasteiger partial charge in [-0.1, -0.05) is 57.2 Å². The molecule has 0 aliphatic heterocycles. The molecule has 0 amide bonds. The quantitative estimate of drug-likeness (QED) is 0.413. The summed E-state index contributed by atoms with van der Waals surface area (Å²) in [6.07, 6.45) is 3.56. The highest BCUT2D eigenvalue weighted by Crippen LogP contribution is 2.35. The van der Waals surface area contributed by atoms with Gasteiger partial charge in [0, 0.05) is 17.0 Å². The van der Waals surface area contributed by atoms with E-state index in [0.29, 0.717) is 0 Å². The Kier molecular flexibility index (Phi) is 2.70. The van der Waals surface area contributed by atoms with E-state index in [0.717, 1.165) is 10.9 Å². The highest BCUT2D eigenvalue weighted by molar-refractivity contribution is 6.23. The lowest BCUT2D eigenvalue weighted by Crippen LogP contribution is -2.10. The minimum Gasteiger partial charge on any atom is -0.244 e. The van der Waals surface area contributed by atoms with Crippen LogP contribution in [0.2, 0.25) is 0 Å². The number of aromatic nitrogens is 2. The second-order valence-corrected chi connectivity index (χ2v) is 6.84. The van der Waals surface area contributed by atoms with Gasteiger partial charge in [-0.3, -0.25) is 0 Å². The van der Waals surface area contributed by atoms with Gasteiger partial charge >= 0.3 is 0 Å². The molecule has 0 unspecified atom stereocenters. The molecule has 2 heteroatoms. The van der Waals surface area contributed by atoms with Crippen LogP contribution in [0.15, 0.2) is 55.0 Å². The fourth-order valence-electron chi connectivity index (χ4n) is 3.14. The lowest BCUT2D eigenvalue weighted by atomic mass is 9.85. The van der Waals surface area contributed by atoms with Crippen molar-refractivity contribution in [3.63, 3.8) is 0 Å². The Morgan fingerprint density at radius 2 is 1.45 bits per heavy atom. The van der Waals surface area contributed by atoms with E-state index >= 15 is 0 Å². The molecule has 0 atom stereocenters. The van der Waals surface area contributed by atoms with E-state index < -0.39 is 0 Å². The van der Waals surface area contributed by atoms with E-state index in [4.69, 9.17) is 0 Å². The van der Waals surface area contributed by atoms with E-state index in [1.807, 2.05) is 6.20 Å². The van der Waals surface area contributed by atoms with Crippen LogP contribution in [-0.4, -0.2) is 9.97 Å². The van der Waals surface area contributed by atoms with Crippen molar-refractivity contribution in [1.82, 2.24) is 9.97 Å². The van der Waals surface area contributed by atoms with Gasteiger partial charge in [-0.05, 0) is 33.2 Å². The molecule has 1 heterocycles. The second-order valence-electron chi connectivity index (χ2n) is 6.84. The Balaban J connectivity index is 2.27. The number of rotatable bonds is 0. The van der Waals surface area contributed by atoms with Gasteiger partial charge in [0.25, 0.3) is 0 Å². The smallest absolute Gasteiger partial charge is 0.116 e. The lowest BCUT2D eigenvalue weighted by molar-refractivity contribution is 0.591. The average Bonchev–Trinajstić information content (AvgIpc) is 2.54. The summed E-state index contributed by atoms with van der Waals surface area (Å²) in [7, 11) is 0. The fraction of sp³-hybridized carbons (Fsp3) is 0.200. The van der Waals surface area contributed by atoms with Gasteiger partial charge < -0.3 is 0 Å². The zero-order chi connectivity index (χ0) is 15.3. The molecule has 4 rings (SSSR count). The van der Waals surface area contributed by atoms with Crippen LogP contribution in [0, 0.1) is 0 Å². The minimum atomic E-state index is 0.124. The van der Waals surface area contributed by atoms with Crippen LogP contribution in [0.1, 0.15) is 26.3 Å². The first kappa shape index (κ1) is 13.2. The molecule has 4 aromatic rings. The first-order valence-corrected chi connectivity index (χ1v) is 7.60. The number of nitrogens with zero attached hydrogens (tertiary/aromatic N) is 2. The van der Waals surface area contributed by atoms with Crippen LogP contribution in [0.25, 0.3) is 32.4 Å². The Morgan fingerprint density at radius 3 is 2.18 bits per heavy atom. The summed E-state index contributed by atoms with van der Waals surface area (Å²) >= 11 is 0. The molecule has 0 spiro atoms. The highest BCUT2D eigenvalue weighted by Gasteiger charge is 2.16. The maximum absolute atomic E-state index is 4.57. The SMILES string of the molecule is CC(C)(C)c1ccc2c3ccccc3c3cncnc3c2c1. The summed E-state index contributed by atoms with van der Waals surface area (Å²) in [6, 6.07) is 15.3. The first-order chi connectivity index (χ1) is 10.6. The first-order valence-electron chi connectivity index (χ1n) is 7.60. The molecular weight excluding hydrogens is 268 g/mol. The van der Waals surface area contributed by atoms with Crippen molar-refractivity contribution in [2.75, 3.05) is 0 Å². The number of benzene rings is 3. The van der Waals surface area contributed by atoms with Crippen LogP contribution >= 0.6 is 0 Å². The predicted molar refractivity (Wildman–Crippen MR) is 93.3 cm³/mol. The number of hydrogen-bond donors (Lipinski definition) is 0. The van der Waals surface area contributed by atoms with Crippen molar-refractivity contribution >= 4 is 32.4 Å². The van der Waals surface area contributed by atoms with E-state index in [1.165, 1.54) is 27.1 Å². The van der Waals surface area contributed by atoms with Gasteiger partial charge in [0.15, 0.2) is 0 Å². The molecule has 0 saturated carbocycles. The molecule has 22 heavy (non-hydrogen) atoms. The zero-order valence-corrected chi connectivity index (χ0v) is 13.1. The number of fused-ring (bicyclic) bond motifs is 6. The number of hydrogen-bond acceptors (Lipinski definition) is 2. The van der Waals surface area contributed by atoms with Crippen molar-refractivity contribution in [2.24, 2.45) is 0 Å². The predicted octanol–water partition coefficient (Wildman–Crippen LogP) is 5.23. The Morgan fingerprint density at radius 1 is 0.773 bits per heavy atom. The van der Waals surface area contributed by atoms with Crippen LogP contribution in [0.4, 0.5) is 0 Å². The summed E-state index contributed by atoms with van der Waals surface area (Å²) in [5.74, 6) is 0. The molecular formula is C20H18N2. The van der Waals surface area contributed by atoms with Crippen molar-refractivity contribution in [3.05, 3.63) is 60.6 Å². The molecule has 0 aliphatic carbocycles. The van der Waals surface area contributed by atoms with E-state index in [-0.39, 0.29) is 5.41 Å². The molecule has 0 aliphatic rings. The second kappa shape index (κ2) is 4.51. The van der Waals surface area contributed by atoms with Crippen molar-refractivity contribution in [2.45, 2.75) is 26.2 Å². The fourth-order valence-corrected chi connectivity index (χ4v) is 3.14. The van der Waals surface area contributed by atoms with Crippen molar-refractivity contribution < 1.29 is 0 Å². The largest absolute Gasteiger partial charge is 0.244 e. The summed E-state index contributed by atoms with van der Waals surface area (Å²) in [4.78, 5) is 8.80. The van der Waals surface area contributed by atoms with Gasteiger partial charge in [-0.15, -0.1) is 0 Å². The Bertz CT molecular complexity index is 975. The van der Waals surface area contributed by atoms with Gasteiger partial charge in [-0.2, -0.15) is 0 Å². The van der Waals surface area contributed by atoms with Crippen molar-refractivity contribution in [1.29, 1.82) is 0 Å². The zero-order valence-electron chi connectivity index (χ0n) is 13.1. The van der Waals surface area contributed by atoms with Crippen LogP contribution < -0.4 is 0 Å². The normalized spacial score (nSPS) is 12.3. The highest BCUT2D eigenvalue weighted by atomic mass is 14.8. The minimum absolute atomic E-state index is 0.124. The van der Waals surface area contributed by atoms with Crippen LogP contribution in [0.5, 0.6) is 0 Å². The molecule has 0 N–H and O–H groups in total. The molecule has 108 valence electrons. The molecule has 0 saturated heterocycles. The molecule has 2 nitrogen and oxygen atoms in total.